The second kappa shape index (κ2) is 8.88. The molecule has 1 heterocycles. The number of benzene rings is 2. The number of hydrogen-bond donors (Lipinski definition) is 2. The van der Waals surface area contributed by atoms with Gasteiger partial charge in [-0.05, 0) is 72.8 Å². The van der Waals surface area contributed by atoms with Crippen molar-refractivity contribution < 1.29 is 9.59 Å². The molecule has 0 spiro atoms. The van der Waals surface area contributed by atoms with Gasteiger partial charge in [0.25, 0.3) is 5.91 Å². The molecule has 2 aromatic carbocycles. The summed E-state index contributed by atoms with van der Waals surface area (Å²) in [5, 5.41) is 7.67. The quantitative estimate of drug-likeness (QED) is 0.552. The third-order valence-electron chi connectivity index (χ3n) is 3.73. The lowest BCUT2D eigenvalue weighted by Crippen LogP contribution is -2.14. The fourth-order valence-electron chi connectivity index (χ4n) is 2.63. The summed E-state index contributed by atoms with van der Waals surface area (Å²) in [4.78, 5) is 25.9. The van der Waals surface area contributed by atoms with Gasteiger partial charge in [-0.15, -0.1) is 23.1 Å². The van der Waals surface area contributed by atoms with Crippen LogP contribution >= 0.6 is 23.1 Å². The van der Waals surface area contributed by atoms with E-state index in [1.165, 1.54) is 23.1 Å². The van der Waals surface area contributed by atoms with E-state index in [-0.39, 0.29) is 11.8 Å². The van der Waals surface area contributed by atoms with Crippen molar-refractivity contribution in [2.75, 3.05) is 16.4 Å². The molecule has 2 amide bonds. The van der Waals surface area contributed by atoms with Crippen LogP contribution in [0.2, 0.25) is 0 Å². The number of thiophene rings is 1. The van der Waals surface area contributed by atoms with E-state index in [4.69, 9.17) is 0 Å². The normalized spacial score (nSPS) is 10.4. The minimum atomic E-state index is -0.113. The van der Waals surface area contributed by atoms with Gasteiger partial charge in [-0.3, -0.25) is 9.59 Å². The van der Waals surface area contributed by atoms with Crippen LogP contribution in [-0.4, -0.2) is 17.6 Å². The molecule has 0 radical (unpaired) electrons. The third-order valence-corrected chi connectivity index (χ3v) is 5.61. The summed E-state index contributed by atoms with van der Waals surface area (Å²) in [6.07, 6.45) is 0. The van der Waals surface area contributed by atoms with E-state index in [1.54, 1.807) is 6.07 Å². The molecular formula is C21H20N2O2S2. The van der Waals surface area contributed by atoms with Gasteiger partial charge in [-0.2, -0.15) is 0 Å². The number of carbonyl (C=O) groups excluding carboxylic acids is 2. The molecule has 4 nitrogen and oxygen atoms in total. The summed E-state index contributed by atoms with van der Waals surface area (Å²) in [6, 6.07) is 17.1. The van der Waals surface area contributed by atoms with Crippen molar-refractivity contribution in [1.82, 2.24) is 0 Å². The van der Waals surface area contributed by atoms with Gasteiger partial charge >= 0.3 is 0 Å². The van der Waals surface area contributed by atoms with E-state index >= 15 is 0 Å². The summed E-state index contributed by atoms with van der Waals surface area (Å²) in [5.74, 6) is 0.173. The molecule has 0 aliphatic heterocycles. The van der Waals surface area contributed by atoms with Crippen molar-refractivity contribution in [3.8, 4) is 0 Å². The van der Waals surface area contributed by atoms with E-state index in [0.717, 1.165) is 27.4 Å². The third kappa shape index (κ3) is 5.70. The molecular weight excluding hydrogens is 376 g/mol. The number of hydrogen-bond acceptors (Lipinski definition) is 4. The van der Waals surface area contributed by atoms with E-state index in [9.17, 15) is 9.59 Å². The van der Waals surface area contributed by atoms with Crippen molar-refractivity contribution in [3.05, 3.63) is 76.0 Å². The largest absolute Gasteiger partial charge is 0.325 e. The highest BCUT2D eigenvalue weighted by molar-refractivity contribution is 8.00. The maximum atomic E-state index is 12.2. The number of amides is 2. The SMILES string of the molecule is Cc1cc(C)cc(NC(=O)CSc2ccc(NC(=O)c3cccs3)cc2)c1. The topological polar surface area (TPSA) is 58.2 Å². The monoisotopic (exact) mass is 396 g/mol. The first-order valence-corrected chi connectivity index (χ1v) is 10.3. The van der Waals surface area contributed by atoms with Gasteiger partial charge in [0, 0.05) is 16.3 Å². The van der Waals surface area contributed by atoms with E-state index in [2.05, 4.69) is 16.7 Å². The van der Waals surface area contributed by atoms with Gasteiger partial charge in [0.1, 0.15) is 0 Å². The van der Waals surface area contributed by atoms with Crippen LogP contribution in [0.1, 0.15) is 20.8 Å². The van der Waals surface area contributed by atoms with Gasteiger partial charge in [0.05, 0.1) is 10.6 Å². The predicted octanol–water partition coefficient (Wildman–Crippen LogP) is 5.35. The van der Waals surface area contributed by atoms with Crippen LogP contribution in [0.15, 0.2) is 64.9 Å². The molecule has 0 saturated carbocycles. The van der Waals surface area contributed by atoms with Gasteiger partial charge in [0.2, 0.25) is 5.91 Å². The number of carbonyl (C=O) groups is 2. The molecule has 0 aliphatic carbocycles. The molecule has 138 valence electrons. The Hall–Kier alpha value is -2.57. The van der Waals surface area contributed by atoms with E-state index in [0.29, 0.717) is 10.6 Å². The summed E-state index contributed by atoms with van der Waals surface area (Å²) < 4.78 is 0. The molecule has 0 aliphatic rings. The highest BCUT2D eigenvalue weighted by Gasteiger charge is 2.08. The van der Waals surface area contributed by atoms with Crippen molar-refractivity contribution in [1.29, 1.82) is 0 Å². The van der Waals surface area contributed by atoms with Crippen LogP contribution in [0.4, 0.5) is 11.4 Å². The lowest BCUT2D eigenvalue weighted by atomic mass is 10.1. The Morgan fingerprint density at radius 3 is 2.26 bits per heavy atom. The van der Waals surface area contributed by atoms with Crippen LogP contribution < -0.4 is 10.6 Å². The van der Waals surface area contributed by atoms with Crippen LogP contribution in [0.5, 0.6) is 0 Å². The maximum Gasteiger partial charge on any atom is 0.265 e. The smallest absolute Gasteiger partial charge is 0.265 e. The van der Waals surface area contributed by atoms with E-state index in [1.807, 2.05) is 61.7 Å². The Bertz CT molecular complexity index is 915. The van der Waals surface area contributed by atoms with Crippen molar-refractivity contribution in [3.63, 3.8) is 0 Å². The first-order valence-electron chi connectivity index (χ1n) is 8.45. The lowest BCUT2D eigenvalue weighted by Gasteiger charge is -2.08. The minimum Gasteiger partial charge on any atom is -0.325 e. The number of anilines is 2. The molecule has 1 aromatic heterocycles. The molecule has 3 aromatic rings. The second-order valence-electron chi connectivity index (χ2n) is 6.17. The zero-order valence-corrected chi connectivity index (χ0v) is 16.7. The van der Waals surface area contributed by atoms with Gasteiger partial charge in [0.15, 0.2) is 0 Å². The first-order chi connectivity index (χ1) is 13.0. The van der Waals surface area contributed by atoms with Crippen molar-refractivity contribution in [2.24, 2.45) is 0 Å². The van der Waals surface area contributed by atoms with Crippen LogP contribution in [0.3, 0.4) is 0 Å². The standard InChI is InChI=1S/C21H20N2O2S2/c1-14-10-15(2)12-17(11-14)22-20(24)13-27-18-7-5-16(6-8-18)23-21(25)19-4-3-9-26-19/h3-12H,13H2,1-2H3,(H,22,24)(H,23,25). The fraction of sp³-hybridized carbons (Fsp3) is 0.143. The summed E-state index contributed by atoms with van der Waals surface area (Å²) in [7, 11) is 0. The highest BCUT2D eigenvalue weighted by atomic mass is 32.2. The molecule has 0 bridgehead atoms. The van der Waals surface area contributed by atoms with Crippen molar-refractivity contribution in [2.45, 2.75) is 18.7 Å². The summed E-state index contributed by atoms with van der Waals surface area (Å²) >= 11 is 2.87. The Morgan fingerprint density at radius 1 is 0.926 bits per heavy atom. The van der Waals surface area contributed by atoms with Gasteiger partial charge in [-0.25, -0.2) is 0 Å². The molecule has 6 heteroatoms. The Balaban J connectivity index is 1.51. The lowest BCUT2D eigenvalue weighted by molar-refractivity contribution is -0.113. The summed E-state index contributed by atoms with van der Waals surface area (Å²) in [6.45, 7) is 4.02. The summed E-state index contributed by atoms with van der Waals surface area (Å²) in [5.41, 5.74) is 3.80. The minimum absolute atomic E-state index is 0.0416. The zero-order valence-electron chi connectivity index (χ0n) is 15.1. The first kappa shape index (κ1) is 19.2. The average Bonchev–Trinajstić information content (AvgIpc) is 3.15. The van der Waals surface area contributed by atoms with Gasteiger partial charge < -0.3 is 10.6 Å². The van der Waals surface area contributed by atoms with Crippen LogP contribution in [0.25, 0.3) is 0 Å². The molecule has 0 atom stereocenters. The molecule has 0 saturated heterocycles. The molecule has 2 N–H and O–H groups in total. The fourth-order valence-corrected chi connectivity index (χ4v) is 3.95. The van der Waals surface area contributed by atoms with Crippen molar-refractivity contribution >= 4 is 46.3 Å². The molecule has 0 fully saturated rings. The van der Waals surface area contributed by atoms with Crippen LogP contribution in [-0.2, 0) is 4.79 Å². The highest BCUT2D eigenvalue weighted by Crippen LogP contribution is 2.22. The average molecular weight is 397 g/mol. The van der Waals surface area contributed by atoms with E-state index < -0.39 is 0 Å². The Labute approximate surface area is 167 Å². The number of aryl methyl sites for hydroxylation is 2. The Kier molecular flexibility index (Phi) is 6.32. The molecule has 27 heavy (non-hydrogen) atoms. The number of nitrogens with one attached hydrogen (secondary N) is 2. The number of thioether (sulfide) groups is 1. The van der Waals surface area contributed by atoms with Crippen LogP contribution in [0, 0.1) is 13.8 Å². The Morgan fingerprint density at radius 2 is 1.63 bits per heavy atom. The molecule has 0 unspecified atom stereocenters. The van der Waals surface area contributed by atoms with Gasteiger partial charge in [-0.1, -0.05) is 12.1 Å². The maximum absolute atomic E-state index is 12.2. The zero-order chi connectivity index (χ0) is 19.2. The number of rotatable bonds is 6. The predicted molar refractivity (Wildman–Crippen MR) is 114 cm³/mol. The molecule has 3 rings (SSSR count). The second-order valence-corrected chi connectivity index (χ2v) is 8.17.